The molecule has 6 nitrogen and oxygen atoms in total. The lowest BCUT2D eigenvalue weighted by atomic mass is 9.98. The lowest BCUT2D eigenvalue weighted by Crippen LogP contribution is -2.35. The highest BCUT2D eigenvalue weighted by atomic mass is 16.5. The Balaban J connectivity index is 1.45. The molecule has 2 aromatic carbocycles. The Morgan fingerprint density at radius 2 is 1.64 bits per heavy atom. The Morgan fingerprint density at radius 3 is 2.29 bits per heavy atom. The van der Waals surface area contributed by atoms with Gasteiger partial charge in [0.1, 0.15) is 6.61 Å². The monoisotopic (exact) mass is 385 g/mol. The summed E-state index contributed by atoms with van der Waals surface area (Å²) in [6.45, 7) is 3.91. The van der Waals surface area contributed by atoms with Crippen molar-refractivity contribution in [3.05, 3.63) is 59.7 Å². The molecule has 0 radical (unpaired) electrons. The number of hydrogen-bond donors (Lipinski definition) is 2. The van der Waals surface area contributed by atoms with E-state index < -0.39 is 12.2 Å². The van der Waals surface area contributed by atoms with Crippen LogP contribution >= 0.6 is 0 Å². The molecule has 0 heterocycles. The van der Waals surface area contributed by atoms with E-state index in [1.165, 1.54) is 22.3 Å². The standard InChI is InChI=1S/C22H27NO5/c1-2-26-11-12-27-14-16(24)13-23-22(25)28-15-21-19-9-5-3-7-17(19)18-8-4-6-10-20(18)21/h3-10,16,21,24H,2,11-15H2,1H3,(H,23,25). The van der Waals surface area contributed by atoms with Gasteiger partial charge in [-0.2, -0.15) is 0 Å². The summed E-state index contributed by atoms with van der Waals surface area (Å²) in [5.74, 6) is 0.0185. The summed E-state index contributed by atoms with van der Waals surface area (Å²) in [6.07, 6.45) is -1.34. The van der Waals surface area contributed by atoms with E-state index >= 15 is 0 Å². The highest BCUT2D eigenvalue weighted by Gasteiger charge is 2.28. The number of alkyl carbamates (subject to hydrolysis) is 1. The summed E-state index contributed by atoms with van der Waals surface area (Å²) >= 11 is 0. The van der Waals surface area contributed by atoms with Crippen LogP contribution in [0.25, 0.3) is 11.1 Å². The molecule has 0 aromatic heterocycles. The number of aliphatic hydroxyl groups excluding tert-OH is 1. The largest absolute Gasteiger partial charge is 0.449 e. The maximum atomic E-state index is 12.0. The van der Waals surface area contributed by atoms with E-state index in [1.54, 1.807) is 0 Å². The summed E-state index contributed by atoms with van der Waals surface area (Å²) < 4.78 is 15.9. The molecule has 1 amide bonds. The van der Waals surface area contributed by atoms with E-state index in [0.717, 1.165) is 0 Å². The molecule has 0 saturated carbocycles. The van der Waals surface area contributed by atoms with Crippen LogP contribution < -0.4 is 5.32 Å². The highest BCUT2D eigenvalue weighted by molar-refractivity contribution is 5.79. The second-order valence-electron chi connectivity index (χ2n) is 6.63. The smallest absolute Gasteiger partial charge is 0.407 e. The van der Waals surface area contributed by atoms with E-state index in [9.17, 15) is 9.90 Å². The van der Waals surface area contributed by atoms with Gasteiger partial charge in [0, 0.05) is 19.1 Å². The van der Waals surface area contributed by atoms with Gasteiger partial charge in [0.15, 0.2) is 0 Å². The Morgan fingerprint density at radius 1 is 1.04 bits per heavy atom. The van der Waals surface area contributed by atoms with Gasteiger partial charge in [-0.05, 0) is 29.2 Å². The lowest BCUT2D eigenvalue weighted by Gasteiger charge is -2.16. The fourth-order valence-electron chi connectivity index (χ4n) is 3.39. The molecule has 1 aliphatic carbocycles. The molecule has 1 aliphatic rings. The van der Waals surface area contributed by atoms with Crippen LogP contribution in [0.4, 0.5) is 4.79 Å². The van der Waals surface area contributed by atoms with Gasteiger partial charge in [-0.25, -0.2) is 4.79 Å². The number of rotatable bonds is 10. The van der Waals surface area contributed by atoms with Crippen LogP contribution in [0.15, 0.2) is 48.5 Å². The van der Waals surface area contributed by atoms with Crippen LogP contribution in [0.1, 0.15) is 24.0 Å². The number of benzene rings is 2. The third-order valence-electron chi connectivity index (χ3n) is 4.71. The van der Waals surface area contributed by atoms with Gasteiger partial charge >= 0.3 is 6.09 Å². The quantitative estimate of drug-likeness (QED) is 0.615. The summed E-state index contributed by atoms with van der Waals surface area (Å²) in [4.78, 5) is 12.0. The zero-order valence-electron chi connectivity index (χ0n) is 16.1. The summed E-state index contributed by atoms with van der Waals surface area (Å²) in [5, 5.41) is 12.4. The van der Waals surface area contributed by atoms with Crippen molar-refractivity contribution in [3.8, 4) is 11.1 Å². The third kappa shape index (κ3) is 5.10. The van der Waals surface area contributed by atoms with Crippen molar-refractivity contribution < 1.29 is 24.1 Å². The number of fused-ring (bicyclic) bond motifs is 3. The third-order valence-corrected chi connectivity index (χ3v) is 4.71. The lowest BCUT2D eigenvalue weighted by molar-refractivity contribution is 0.00632. The molecular weight excluding hydrogens is 358 g/mol. The van der Waals surface area contributed by atoms with Crippen molar-refractivity contribution >= 4 is 6.09 Å². The van der Waals surface area contributed by atoms with Gasteiger partial charge in [-0.1, -0.05) is 48.5 Å². The first-order chi connectivity index (χ1) is 13.7. The Hall–Kier alpha value is -2.41. The number of amides is 1. The SMILES string of the molecule is CCOCCOCC(O)CNC(=O)OCC1c2ccccc2-c2ccccc21. The van der Waals surface area contributed by atoms with Crippen molar-refractivity contribution in [2.45, 2.75) is 18.9 Å². The minimum atomic E-state index is -0.790. The fourth-order valence-corrected chi connectivity index (χ4v) is 3.39. The predicted molar refractivity (Wildman–Crippen MR) is 106 cm³/mol. The zero-order chi connectivity index (χ0) is 19.8. The zero-order valence-corrected chi connectivity index (χ0v) is 16.1. The number of hydrogen-bond acceptors (Lipinski definition) is 5. The number of ether oxygens (including phenoxy) is 3. The first-order valence-corrected chi connectivity index (χ1v) is 9.63. The Kier molecular flexibility index (Phi) is 7.42. The normalized spacial score (nSPS) is 13.6. The highest BCUT2D eigenvalue weighted by Crippen LogP contribution is 2.44. The molecule has 0 bridgehead atoms. The number of carbonyl (C=O) groups excluding carboxylic acids is 1. The van der Waals surface area contributed by atoms with Crippen LogP contribution in [-0.4, -0.2) is 56.9 Å². The molecule has 1 unspecified atom stereocenters. The topological polar surface area (TPSA) is 77.0 Å². The Bertz CT molecular complexity index is 734. The van der Waals surface area contributed by atoms with Crippen molar-refractivity contribution in [1.82, 2.24) is 5.32 Å². The van der Waals surface area contributed by atoms with Crippen LogP contribution in [0.3, 0.4) is 0 Å². The van der Waals surface area contributed by atoms with Crippen LogP contribution in [-0.2, 0) is 14.2 Å². The van der Waals surface area contributed by atoms with Crippen LogP contribution in [0, 0.1) is 0 Å². The average Bonchev–Trinajstić information content (AvgIpc) is 3.04. The minimum Gasteiger partial charge on any atom is -0.449 e. The van der Waals surface area contributed by atoms with Crippen LogP contribution in [0.2, 0.25) is 0 Å². The van der Waals surface area contributed by atoms with E-state index in [4.69, 9.17) is 14.2 Å². The molecule has 150 valence electrons. The van der Waals surface area contributed by atoms with E-state index in [2.05, 4.69) is 29.6 Å². The first-order valence-electron chi connectivity index (χ1n) is 9.63. The number of nitrogens with one attached hydrogen (secondary N) is 1. The van der Waals surface area contributed by atoms with Gasteiger partial charge in [0.05, 0.1) is 25.9 Å². The molecule has 6 heteroatoms. The first kappa shape index (κ1) is 20.3. The van der Waals surface area contributed by atoms with Gasteiger partial charge in [0.2, 0.25) is 0 Å². The maximum absolute atomic E-state index is 12.0. The van der Waals surface area contributed by atoms with Gasteiger partial charge in [-0.3, -0.25) is 0 Å². The predicted octanol–water partition coefficient (Wildman–Crippen LogP) is 2.94. The molecule has 1 atom stereocenters. The molecule has 2 aromatic rings. The molecule has 2 N–H and O–H groups in total. The van der Waals surface area contributed by atoms with E-state index in [0.29, 0.717) is 19.8 Å². The van der Waals surface area contributed by atoms with Crippen LogP contribution in [0.5, 0.6) is 0 Å². The second-order valence-corrected chi connectivity index (χ2v) is 6.63. The van der Waals surface area contributed by atoms with Crippen molar-refractivity contribution in [2.75, 3.05) is 39.6 Å². The van der Waals surface area contributed by atoms with Crippen molar-refractivity contribution in [1.29, 1.82) is 0 Å². The van der Waals surface area contributed by atoms with Gasteiger partial charge in [0.25, 0.3) is 0 Å². The molecular formula is C22H27NO5. The molecule has 0 fully saturated rings. The number of carbonyl (C=O) groups is 1. The summed E-state index contributed by atoms with van der Waals surface area (Å²) in [6, 6.07) is 16.4. The van der Waals surface area contributed by atoms with Gasteiger partial charge in [-0.15, -0.1) is 0 Å². The Labute approximate surface area is 165 Å². The fraction of sp³-hybridized carbons (Fsp3) is 0.409. The maximum Gasteiger partial charge on any atom is 0.407 e. The van der Waals surface area contributed by atoms with Crippen molar-refractivity contribution in [2.24, 2.45) is 0 Å². The molecule has 0 spiro atoms. The molecule has 28 heavy (non-hydrogen) atoms. The minimum absolute atomic E-state index is 0.0185. The second kappa shape index (κ2) is 10.2. The average molecular weight is 385 g/mol. The van der Waals surface area contributed by atoms with E-state index in [-0.39, 0.29) is 25.7 Å². The summed E-state index contributed by atoms with van der Waals surface area (Å²) in [7, 11) is 0. The molecule has 0 aliphatic heterocycles. The van der Waals surface area contributed by atoms with Crippen molar-refractivity contribution in [3.63, 3.8) is 0 Å². The molecule has 0 saturated heterocycles. The summed E-state index contributed by atoms with van der Waals surface area (Å²) in [5.41, 5.74) is 4.71. The number of aliphatic hydroxyl groups is 1. The van der Waals surface area contributed by atoms with Gasteiger partial charge < -0.3 is 24.6 Å². The van der Waals surface area contributed by atoms with E-state index in [1.807, 2.05) is 31.2 Å². The molecule has 3 rings (SSSR count).